The van der Waals surface area contributed by atoms with E-state index in [0.717, 1.165) is 39.0 Å². The highest BCUT2D eigenvalue weighted by atomic mass is 16.6. The van der Waals surface area contributed by atoms with Crippen molar-refractivity contribution in [1.29, 1.82) is 0 Å². The molecule has 2 aromatic heterocycles. The van der Waals surface area contributed by atoms with Crippen molar-refractivity contribution >= 4 is 17.0 Å². The third-order valence-electron chi connectivity index (χ3n) is 7.75. The first-order valence-corrected chi connectivity index (χ1v) is 15.7. The number of aromatic nitrogens is 3. The van der Waals surface area contributed by atoms with Gasteiger partial charge >= 0.3 is 6.09 Å². The summed E-state index contributed by atoms with van der Waals surface area (Å²) in [5, 5.41) is 5.85. The van der Waals surface area contributed by atoms with Crippen LogP contribution in [0, 0.1) is 0 Å². The Hall–Kier alpha value is -5.05. The Balaban J connectivity index is 1.24. The number of benzene rings is 3. The molecule has 1 amide bonds. The predicted molar refractivity (Wildman–Crippen MR) is 177 cm³/mol. The van der Waals surface area contributed by atoms with Crippen molar-refractivity contribution in [2.75, 3.05) is 13.1 Å². The zero-order chi connectivity index (χ0) is 32.1. The summed E-state index contributed by atoms with van der Waals surface area (Å²) in [6.45, 7) is 7.56. The van der Waals surface area contributed by atoms with E-state index < -0.39 is 5.60 Å². The number of hydrogen-bond donors (Lipinski definition) is 0. The largest absolute Gasteiger partial charge is 0.488 e. The maximum atomic E-state index is 12.5. The van der Waals surface area contributed by atoms with E-state index in [0.29, 0.717) is 50.9 Å². The van der Waals surface area contributed by atoms with Gasteiger partial charge in [0.25, 0.3) is 0 Å². The third-order valence-corrected chi connectivity index (χ3v) is 7.75. The summed E-state index contributed by atoms with van der Waals surface area (Å²) in [5.74, 6) is 1.66. The summed E-state index contributed by atoms with van der Waals surface area (Å²) in [6.07, 6.45) is 1.12. The quantitative estimate of drug-likeness (QED) is 0.168. The summed E-state index contributed by atoms with van der Waals surface area (Å²) >= 11 is 0. The van der Waals surface area contributed by atoms with Crippen molar-refractivity contribution in [3.8, 4) is 28.8 Å². The van der Waals surface area contributed by atoms with E-state index in [-0.39, 0.29) is 12.2 Å². The molecule has 9 nitrogen and oxygen atoms in total. The number of para-hydroxylation sites is 1. The Morgan fingerprint density at radius 3 is 2.13 bits per heavy atom. The van der Waals surface area contributed by atoms with Crippen LogP contribution in [0.15, 0.2) is 91.0 Å². The number of likely N-dealkylation sites (tertiary alicyclic amines) is 1. The SMILES string of the molecule is Cn1nc(-c2ccc(OCc3ccccc3)nc2OCc2ccccc2)c2cccc(OC3CCN(C(=O)OC(C)(C)C)CC3)c21. The van der Waals surface area contributed by atoms with Gasteiger partial charge in [0.2, 0.25) is 11.8 Å². The molecule has 0 radical (unpaired) electrons. The molecule has 0 aliphatic carbocycles. The van der Waals surface area contributed by atoms with Gasteiger partial charge in [-0.3, -0.25) is 4.68 Å². The Morgan fingerprint density at radius 1 is 0.826 bits per heavy atom. The molecule has 9 heteroatoms. The number of carbonyl (C=O) groups excluding carboxylic acids is 1. The Morgan fingerprint density at radius 2 is 1.48 bits per heavy atom. The number of carbonyl (C=O) groups is 1. The van der Waals surface area contributed by atoms with Crippen LogP contribution in [0.1, 0.15) is 44.7 Å². The topological polar surface area (TPSA) is 87.9 Å². The Kier molecular flexibility index (Phi) is 9.10. The molecule has 1 aliphatic rings. The molecule has 0 bridgehead atoms. The predicted octanol–water partition coefficient (Wildman–Crippen LogP) is 7.57. The van der Waals surface area contributed by atoms with E-state index in [1.54, 1.807) is 4.90 Å². The summed E-state index contributed by atoms with van der Waals surface area (Å²) in [6, 6.07) is 29.8. The van der Waals surface area contributed by atoms with Crippen LogP contribution in [0.4, 0.5) is 4.79 Å². The van der Waals surface area contributed by atoms with Gasteiger partial charge < -0.3 is 23.8 Å². The number of piperidine rings is 1. The van der Waals surface area contributed by atoms with Gasteiger partial charge in [0.05, 0.1) is 5.56 Å². The third kappa shape index (κ3) is 7.42. The van der Waals surface area contributed by atoms with Gasteiger partial charge in [0, 0.05) is 44.4 Å². The first-order valence-electron chi connectivity index (χ1n) is 15.7. The molecule has 1 fully saturated rings. The van der Waals surface area contributed by atoms with Crippen LogP contribution in [0.3, 0.4) is 0 Å². The number of pyridine rings is 1. The second kappa shape index (κ2) is 13.5. The van der Waals surface area contributed by atoms with Gasteiger partial charge in [-0.05, 0) is 44.0 Å². The number of fused-ring (bicyclic) bond motifs is 1. The second-order valence-electron chi connectivity index (χ2n) is 12.5. The van der Waals surface area contributed by atoms with Gasteiger partial charge in [-0.1, -0.05) is 72.8 Å². The first-order chi connectivity index (χ1) is 22.2. The summed E-state index contributed by atoms with van der Waals surface area (Å²) in [5.41, 5.74) is 3.95. The zero-order valence-corrected chi connectivity index (χ0v) is 26.8. The fourth-order valence-electron chi connectivity index (χ4n) is 5.51. The van der Waals surface area contributed by atoms with Crippen LogP contribution in [-0.2, 0) is 25.0 Å². The van der Waals surface area contributed by atoms with Crippen molar-refractivity contribution in [1.82, 2.24) is 19.7 Å². The van der Waals surface area contributed by atoms with Crippen molar-refractivity contribution in [3.63, 3.8) is 0 Å². The average molecular weight is 621 g/mol. The van der Waals surface area contributed by atoms with Gasteiger partial charge in [0.1, 0.15) is 41.9 Å². The Bertz CT molecular complexity index is 1770. The van der Waals surface area contributed by atoms with E-state index >= 15 is 0 Å². The maximum absolute atomic E-state index is 12.5. The fraction of sp³-hybridized carbons (Fsp3) is 0.324. The molecule has 0 N–H and O–H groups in total. The highest BCUT2D eigenvalue weighted by molar-refractivity contribution is 5.97. The first kappa shape index (κ1) is 31.0. The molecule has 0 spiro atoms. The van der Waals surface area contributed by atoms with Gasteiger partial charge in [-0.2, -0.15) is 10.1 Å². The van der Waals surface area contributed by atoms with E-state index in [9.17, 15) is 4.79 Å². The molecule has 0 unspecified atom stereocenters. The molecule has 1 saturated heterocycles. The van der Waals surface area contributed by atoms with Crippen molar-refractivity contribution < 1.29 is 23.7 Å². The molecular formula is C37H40N4O5. The highest BCUT2D eigenvalue weighted by Gasteiger charge is 2.28. The van der Waals surface area contributed by atoms with Gasteiger partial charge in [-0.15, -0.1) is 0 Å². The number of aryl methyl sites for hydroxylation is 1. The molecular weight excluding hydrogens is 580 g/mol. The lowest BCUT2D eigenvalue weighted by atomic mass is 10.1. The maximum Gasteiger partial charge on any atom is 0.410 e. The minimum atomic E-state index is -0.519. The van der Waals surface area contributed by atoms with E-state index in [4.69, 9.17) is 29.0 Å². The molecule has 3 heterocycles. The average Bonchev–Trinajstić information content (AvgIpc) is 3.40. The highest BCUT2D eigenvalue weighted by Crippen LogP contribution is 2.38. The van der Waals surface area contributed by atoms with Crippen LogP contribution < -0.4 is 14.2 Å². The molecule has 0 saturated carbocycles. The number of ether oxygens (including phenoxy) is 4. The minimum Gasteiger partial charge on any atom is -0.488 e. The van der Waals surface area contributed by atoms with Crippen LogP contribution in [0.5, 0.6) is 17.5 Å². The normalized spacial score (nSPS) is 13.9. The molecule has 0 atom stereocenters. The van der Waals surface area contributed by atoms with Gasteiger partial charge in [-0.25, -0.2) is 4.79 Å². The number of nitrogens with zero attached hydrogens (tertiary/aromatic N) is 4. The number of rotatable bonds is 9. The second-order valence-corrected chi connectivity index (χ2v) is 12.5. The number of hydrogen-bond acceptors (Lipinski definition) is 7. The zero-order valence-electron chi connectivity index (χ0n) is 26.8. The molecule has 1 aliphatic heterocycles. The Labute approximate surface area is 269 Å². The van der Waals surface area contributed by atoms with Crippen LogP contribution in [0.25, 0.3) is 22.2 Å². The summed E-state index contributed by atoms with van der Waals surface area (Å²) < 4.78 is 26.3. The lowest BCUT2D eigenvalue weighted by molar-refractivity contribution is 0.0127. The van der Waals surface area contributed by atoms with E-state index in [1.165, 1.54) is 0 Å². The summed E-state index contributed by atoms with van der Waals surface area (Å²) in [4.78, 5) is 19.1. The molecule has 5 aromatic rings. The van der Waals surface area contributed by atoms with Crippen LogP contribution in [-0.4, -0.2) is 50.6 Å². The number of amides is 1. The van der Waals surface area contributed by atoms with Gasteiger partial charge in [0.15, 0.2) is 0 Å². The van der Waals surface area contributed by atoms with Crippen molar-refractivity contribution in [2.24, 2.45) is 7.05 Å². The standard InChI is InChI=1S/C37H40N4O5/c1-37(2,3)46-36(42)41-22-20-28(21-23-41)45-31-17-11-16-29-33(39-40(4)34(29)31)30-18-19-32(43-24-26-12-7-5-8-13-26)38-35(30)44-25-27-14-9-6-10-15-27/h5-19,28H,20-25H2,1-4H3. The van der Waals surface area contributed by atoms with E-state index in [2.05, 4.69) is 0 Å². The lowest BCUT2D eigenvalue weighted by Gasteiger charge is -2.33. The molecule has 46 heavy (non-hydrogen) atoms. The fourth-order valence-corrected chi connectivity index (χ4v) is 5.51. The van der Waals surface area contributed by atoms with Crippen LogP contribution >= 0.6 is 0 Å². The van der Waals surface area contributed by atoms with Crippen molar-refractivity contribution in [3.05, 3.63) is 102 Å². The van der Waals surface area contributed by atoms with Crippen LogP contribution in [0.2, 0.25) is 0 Å². The van der Waals surface area contributed by atoms with Crippen molar-refractivity contribution in [2.45, 2.75) is 58.5 Å². The summed E-state index contributed by atoms with van der Waals surface area (Å²) in [7, 11) is 1.92. The van der Waals surface area contributed by atoms with E-state index in [1.807, 2.05) is 123 Å². The molecule has 3 aromatic carbocycles. The minimum absolute atomic E-state index is 0.0323. The smallest absolute Gasteiger partial charge is 0.410 e. The molecule has 238 valence electrons. The molecule has 6 rings (SSSR count). The monoisotopic (exact) mass is 620 g/mol. The lowest BCUT2D eigenvalue weighted by Crippen LogP contribution is -2.44.